The molecule has 16 nitrogen and oxygen atoms in total. The maximum Gasteiger partial charge on any atom is 0.326 e. The fourth-order valence-electron chi connectivity index (χ4n) is 2.67. The lowest BCUT2D eigenvalue weighted by Gasteiger charge is -2.23. The van der Waals surface area contributed by atoms with Gasteiger partial charge in [-0.25, -0.2) is 9.78 Å². The van der Waals surface area contributed by atoms with Crippen LogP contribution < -0.4 is 33.2 Å². The number of carboxylic acids is 1. The van der Waals surface area contributed by atoms with Crippen LogP contribution in [0, 0.1) is 0 Å². The Hall–Kier alpha value is -4.05. The van der Waals surface area contributed by atoms with Crippen molar-refractivity contribution in [1.82, 2.24) is 25.9 Å². The predicted molar refractivity (Wildman–Crippen MR) is 113 cm³/mol. The highest BCUT2D eigenvalue weighted by molar-refractivity contribution is 5.96. The van der Waals surface area contributed by atoms with E-state index in [-0.39, 0.29) is 19.3 Å². The molecule has 0 saturated heterocycles. The number of hydrogen-bond acceptors (Lipinski definition) is 9. The van der Waals surface area contributed by atoms with E-state index in [1.807, 2.05) is 0 Å². The molecular formula is C18H28N8O8. The highest BCUT2D eigenvalue weighted by Crippen LogP contribution is 2.02. The van der Waals surface area contributed by atoms with Crippen molar-refractivity contribution in [2.45, 2.75) is 49.9 Å². The van der Waals surface area contributed by atoms with Gasteiger partial charge in [0.15, 0.2) is 0 Å². The number of carbonyl (C=O) groups excluding carboxylic acids is 5. The van der Waals surface area contributed by atoms with E-state index in [0.29, 0.717) is 5.69 Å². The molecule has 4 atom stereocenters. The number of imidazole rings is 1. The Bertz CT molecular complexity index is 891. The highest BCUT2D eigenvalue weighted by Gasteiger charge is 2.31. The van der Waals surface area contributed by atoms with E-state index in [2.05, 4.69) is 25.9 Å². The number of carbonyl (C=O) groups is 6. The smallest absolute Gasteiger partial charge is 0.326 e. The summed E-state index contributed by atoms with van der Waals surface area (Å²) >= 11 is 0. The summed E-state index contributed by atoms with van der Waals surface area (Å²) in [6.07, 6.45) is 1.53. The summed E-state index contributed by atoms with van der Waals surface area (Å²) in [4.78, 5) is 77.3. The van der Waals surface area contributed by atoms with Crippen LogP contribution in [0.3, 0.4) is 0 Å². The van der Waals surface area contributed by atoms with Crippen molar-refractivity contribution >= 4 is 35.5 Å². The van der Waals surface area contributed by atoms with Gasteiger partial charge in [0.05, 0.1) is 25.4 Å². The third-order valence-corrected chi connectivity index (χ3v) is 4.49. The number of aromatic nitrogens is 2. The number of aliphatic hydroxyl groups excluding tert-OH is 1. The number of nitrogens with two attached hydrogens (primary N) is 3. The Morgan fingerprint density at radius 2 is 1.53 bits per heavy atom. The summed E-state index contributed by atoms with van der Waals surface area (Å²) in [5.74, 6) is -6.04. The van der Waals surface area contributed by atoms with Crippen LogP contribution in [0.2, 0.25) is 0 Å². The van der Waals surface area contributed by atoms with Crippen LogP contribution in [0.5, 0.6) is 0 Å². The molecule has 1 heterocycles. The zero-order chi connectivity index (χ0) is 25.8. The zero-order valence-electron chi connectivity index (χ0n) is 18.0. The van der Waals surface area contributed by atoms with Gasteiger partial charge in [0.25, 0.3) is 0 Å². The van der Waals surface area contributed by atoms with Crippen LogP contribution in [0.1, 0.15) is 25.0 Å². The molecule has 0 aliphatic carbocycles. The summed E-state index contributed by atoms with van der Waals surface area (Å²) in [6, 6.07) is -5.83. The largest absolute Gasteiger partial charge is 0.480 e. The molecule has 16 heteroatoms. The van der Waals surface area contributed by atoms with E-state index in [4.69, 9.17) is 17.2 Å². The van der Waals surface area contributed by atoms with Crippen molar-refractivity contribution in [3.63, 3.8) is 0 Å². The molecule has 0 spiro atoms. The summed E-state index contributed by atoms with van der Waals surface area (Å²) < 4.78 is 0. The van der Waals surface area contributed by atoms with E-state index >= 15 is 0 Å². The van der Waals surface area contributed by atoms with Gasteiger partial charge in [-0.05, 0) is 6.42 Å². The van der Waals surface area contributed by atoms with E-state index in [0.717, 1.165) is 0 Å². The maximum absolute atomic E-state index is 12.6. The summed E-state index contributed by atoms with van der Waals surface area (Å²) in [6.45, 7) is -0.927. The van der Waals surface area contributed by atoms with Gasteiger partial charge in [0.2, 0.25) is 29.5 Å². The van der Waals surface area contributed by atoms with Gasteiger partial charge in [0.1, 0.15) is 18.1 Å². The number of primary amides is 2. The van der Waals surface area contributed by atoms with Crippen molar-refractivity contribution in [3.8, 4) is 0 Å². The number of nitrogens with zero attached hydrogens (tertiary/aromatic N) is 1. The van der Waals surface area contributed by atoms with Crippen molar-refractivity contribution in [2.24, 2.45) is 17.2 Å². The molecule has 0 radical (unpaired) electrons. The first-order chi connectivity index (χ1) is 15.9. The van der Waals surface area contributed by atoms with Crippen molar-refractivity contribution in [1.29, 1.82) is 0 Å². The molecule has 12 N–H and O–H groups in total. The van der Waals surface area contributed by atoms with E-state index in [1.54, 1.807) is 0 Å². The lowest BCUT2D eigenvalue weighted by Crippen LogP contribution is -2.58. The van der Waals surface area contributed by atoms with Crippen molar-refractivity contribution in [2.75, 3.05) is 6.61 Å². The van der Waals surface area contributed by atoms with Gasteiger partial charge in [0, 0.05) is 24.7 Å². The van der Waals surface area contributed by atoms with Crippen LogP contribution in [0.15, 0.2) is 12.5 Å². The number of aliphatic hydroxyl groups is 1. The van der Waals surface area contributed by atoms with Crippen LogP contribution in [-0.4, -0.2) is 86.5 Å². The Labute approximate surface area is 193 Å². The topological polar surface area (TPSA) is 286 Å². The molecule has 5 amide bonds. The summed E-state index contributed by atoms with van der Waals surface area (Å²) in [5.41, 5.74) is 16.1. The van der Waals surface area contributed by atoms with Gasteiger partial charge in [-0.2, -0.15) is 0 Å². The second kappa shape index (κ2) is 13.5. The second-order valence-corrected chi connectivity index (χ2v) is 7.27. The molecule has 4 unspecified atom stereocenters. The molecule has 34 heavy (non-hydrogen) atoms. The molecule has 0 bridgehead atoms. The average Bonchev–Trinajstić information content (AvgIpc) is 3.27. The molecule has 188 valence electrons. The average molecular weight is 484 g/mol. The number of aromatic amines is 1. The third kappa shape index (κ3) is 9.61. The van der Waals surface area contributed by atoms with Crippen LogP contribution in [-0.2, 0) is 35.2 Å². The Balaban J connectivity index is 2.83. The molecule has 1 aromatic heterocycles. The molecule has 0 aromatic carbocycles. The van der Waals surface area contributed by atoms with E-state index in [9.17, 15) is 39.0 Å². The highest BCUT2D eigenvalue weighted by atomic mass is 16.4. The van der Waals surface area contributed by atoms with Crippen LogP contribution in [0.4, 0.5) is 0 Å². The lowest BCUT2D eigenvalue weighted by atomic mass is 10.1. The fourth-order valence-corrected chi connectivity index (χ4v) is 2.67. The van der Waals surface area contributed by atoms with Gasteiger partial charge in [-0.3, -0.25) is 24.0 Å². The number of hydrogen-bond donors (Lipinski definition) is 9. The molecule has 0 aliphatic rings. The summed E-state index contributed by atoms with van der Waals surface area (Å²) in [7, 11) is 0. The van der Waals surface area contributed by atoms with Crippen LogP contribution >= 0.6 is 0 Å². The normalized spacial score (nSPS) is 14.2. The van der Waals surface area contributed by atoms with E-state index < -0.39 is 72.7 Å². The van der Waals surface area contributed by atoms with Gasteiger partial charge >= 0.3 is 5.97 Å². The Morgan fingerprint density at radius 1 is 0.941 bits per heavy atom. The van der Waals surface area contributed by atoms with Gasteiger partial charge < -0.3 is 48.3 Å². The number of amides is 5. The fraction of sp³-hybridized carbons (Fsp3) is 0.500. The predicted octanol–water partition coefficient (Wildman–Crippen LogP) is -5.05. The first-order valence-corrected chi connectivity index (χ1v) is 9.98. The quantitative estimate of drug-likeness (QED) is 0.114. The zero-order valence-corrected chi connectivity index (χ0v) is 18.0. The van der Waals surface area contributed by atoms with Crippen molar-refractivity contribution in [3.05, 3.63) is 18.2 Å². The van der Waals surface area contributed by atoms with Crippen LogP contribution in [0.25, 0.3) is 0 Å². The number of H-pyrrole nitrogens is 1. The minimum atomic E-state index is -1.62. The standard InChI is InChI=1S/C18H28N8O8/c19-9(1-2-13(20)28)15(30)24-10(4-14(21)29)16(31)26-12(6-27)17(32)25-11(18(33)34)3-8-5-22-7-23-8/h5,7,9-12,27H,1-4,6,19H2,(H2,20,28)(H2,21,29)(H,22,23)(H,24,30)(H,25,32)(H,26,31)(H,33,34). The number of aliphatic carboxylic acids is 1. The van der Waals surface area contributed by atoms with E-state index in [1.165, 1.54) is 12.5 Å². The molecule has 0 saturated carbocycles. The number of nitrogens with one attached hydrogen (secondary N) is 4. The monoisotopic (exact) mass is 484 g/mol. The molecule has 1 aromatic rings. The Morgan fingerprint density at radius 3 is 2.03 bits per heavy atom. The summed E-state index contributed by atoms with van der Waals surface area (Å²) in [5, 5.41) is 25.3. The first-order valence-electron chi connectivity index (χ1n) is 9.98. The minimum Gasteiger partial charge on any atom is -0.480 e. The third-order valence-electron chi connectivity index (χ3n) is 4.49. The molecule has 1 rings (SSSR count). The minimum absolute atomic E-state index is 0.124. The second-order valence-electron chi connectivity index (χ2n) is 7.27. The first kappa shape index (κ1) is 28.0. The van der Waals surface area contributed by atoms with Crippen molar-refractivity contribution < 1.29 is 39.0 Å². The van der Waals surface area contributed by atoms with Gasteiger partial charge in [-0.15, -0.1) is 0 Å². The number of rotatable bonds is 15. The SMILES string of the molecule is NC(=O)CCC(N)C(=O)NC(CC(N)=O)C(=O)NC(CO)C(=O)NC(Cc1cnc[nH]1)C(=O)O. The van der Waals surface area contributed by atoms with Gasteiger partial charge in [-0.1, -0.05) is 0 Å². The molecular weight excluding hydrogens is 456 g/mol. The number of carboxylic acid groups (broad SMARTS) is 1. The maximum atomic E-state index is 12.6. The Kier molecular flexibility index (Phi) is 11.1. The molecule has 0 fully saturated rings. The molecule has 0 aliphatic heterocycles. The lowest BCUT2D eigenvalue weighted by molar-refractivity contribution is -0.142.